The van der Waals surface area contributed by atoms with E-state index in [9.17, 15) is 0 Å². The van der Waals surface area contributed by atoms with Gasteiger partial charge in [-0.2, -0.15) is 0 Å². The van der Waals surface area contributed by atoms with Crippen LogP contribution in [0.25, 0.3) is 57.3 Å². The molecule has 0 radical (unpaired) electrons. The Labute approximate surface area is 229 Å². The van der Waals surface area contributed by atoms with Crippen LogP contribution in [0.1, 0.15) is 16.7 Å². The summed E-state index contributed by atoms with van der Waals surface area (Å²) in [6.07, 6.45) is 4.24. The molecule has 0 saturated heterocycles. The molecule has 35 heavy (non-hydrogen) atoms. The van der Waals surface area contributed by atoms with Gasteiger partial charge >= 0.3 is 0 Å². The van der Waals surface area contributed by atoms with Crippen molar-refractivity contribution >= 4 is 79.5 Å². The van der Waals surface area contributed by atoms with Gasteiger partial charge in [0.05, 0.1) is 0 Å². The maximum atomic E-state index is 5.96. The molecule has 2 heterocycles. The van der Waals surface area contributed by atoms with Crippen LogP contribution >= 0.6 is 45.2 Å². The third-order valence-electron chi connectivity index (χ3n) is 5.83. The average molecular weight is 680 g/mol. The topological polar surface area (TPSA) is 52.1 Å². The average Bonchev–Trinajstić information content (AvgIpc) is 3.47. The number of rotatable bonds is 4. The van der Waals surface area contributed by atoms with Gasteiger partial charge in [-0.05, 0) is 129 Å². The molecule has 0 amide bonds. The van der Waals surface area contributed by atoms with Gasteiger partial charge < -0.3 is 8.83 Å². The first-order chi connectivity index (χ1) is 17.0. The third kappa shape index (κ3) is 4.64. The summed E-state index contributed by atoms with van der Waals surface area (Å²) in [5.74, 6) is 1.28. The third-order valence-corrected chi connectivity index (χ3v) is 7.17. The fourth-order valence-corrected chi connectivity index (χ4v) is 4.92. The first-order valence-electron chi connectivity index (χ1n) is 11.0. The predicted octanol–water partition coefficient (Wildman–Crippen LogP) is 8.99. The largest absolute Gasteiger partial charge is 0.436 e. The zero-order valence-corrected chi connectivity index (χ0v) is 22.9. The first kappa shape index (κ1) is 22.5. The molecule has 0 bridgehead atoms. The monoisotopic (exact) mass is 680 g/mol. The van der Waals surface area contributed by atoms with Crippen molar-refractivity contribution in [3.8, 4) is 22.9 Å². The molecule has 2 aromatic heterocycles. The lowest BCUT2D eigenvalue weighted by Gasteiger charge is -2.03. The minimum atomic E-state index is 0.637. The molecule has 0 aliphatic heterocycles. The molecule has 6 heteroatoms. The van der Waals surface area contributed by atoms with Gasteiger partial charge in [0.25, 0.3) is 0 Å². The Morgan fingerprint density at radius 2 is 1.20 bits per heavy atom. The van der Waals surface area contributed by atoms with E-state index in [-0.39, 0.29) is 0 Å². The Bertz CT molecular complexity index is 1730. The smallest absolute Gasteiger partial charge is 0.227 e. The van der Waals surface area contributed by atoms with E-state index in [0.717, 1.165) is 57.2 Å². The second-order valence-electron chi connectivity index (χ2n) is 8.29. The second-order valence-corrected chi connectivity index (χ2v) is 10.8. The van der Waals surface area contributed by atoms with Gasteiger partial charge in [0.1, 0.15) is 11.0 Å². The van der Waals surface area contributed by atoms with Crippen LogP contribution in [0.3, 0.4) is 0 Å². The molecule has 0 N–H and O–H groups in total. The van der Waals surface area contributed by atoms with Crippen LogP contribution in [0.15, 0.2) is 87.7 Å². The summed E-state index contributed by atoms with van der Waals surface area (Å²) in [6.45, 7) is 2.10. The van der Waals surface area contributed by atoms with Crippen molar-refractivity contribution in [2.45, 2.75) is 6.92 Å². The number of hydrogen-bond acceptors (Lipinski definition) is 4. The summed E-state index contributed by atoms with van der Waals surface area (Å²) < 4.78 is 14.2. The highest BCUT2D eigenvalue weighted by atomic mass is 127. The molecule has 0 aliphatic carbocycles. The van der Waals surface area contributed by atoms with E-state index in [0.29, 0.717) is 11.8 Å². The Morgan fingerprint density at radius 3 is 1.80 bits per heavy atom. The van der Waals surface area contributed by atoms with Crippen molar-refractivity contribution < 1.29 is 8.83 Å². The second kappa shape index (κ2) is 9.23. The molecule has 0 fully saturated rings. The molecule has 0 unspecified atom stereocenters. The van der Waals surface area contributed by atoms with Crippen molar-refractivity contribution in [2.75, 3.05) is 0 Å². The van der Waals surface area contributed by atoms with E-state index in [1.54, 1.807) is 0 Å². The summed E-state index contributed by atoms with van der Waals surface area (Å²) >= 11 is 4.57. The van der Waals surface area contributed by atoms with Crippen molar-refractivity contribution in [1.82, 2.24) is 9.97 Å². The lowest BCUT2D eigenvalue weighted by Crippen LogP contribution is -1.84. The number of oxazole rings is 2. The number of halogens is 2. The highest BCUT2D eigenvalue weighted by molar-refractivity contribution is 14.1. The van der Waals surface area contributed by atoms with Crippen LogP contribution < -0.4 is 0 Å². The summed E-state index contributed by atoms with van der Waals surface area (Å²) in [4.78, 5) is 9.28. The summed E-state index contributed by atoms with van der Waals surface area (Å²) in [5, 5.41) is 0. The van der Waals surface area contributed by atoms with Crippen molar-refractivity contribution in [1.29, 1.82) is 0 Å². The van der Waals surface area contributed by atoms with Crippen LogP contribution in [0, 0.1) is 14.1 Å². The number of benzene rings is 4. The van der Waals surface area contributed by atoms with Crippen LogP contribution in [0.4, 0.5) is 0 Å². The van der Waals surface area contributed by atoms with Gasteiger partial charge in [0.15, 0.2) is 11.2 Å². The van der Waals surface area contributed by atoms with E-state index < -0.39 is 0 Å². The zero-order valence-electron chi connectivity index (χ0n) is 18.6. The molecule has 4 aromatic carbocycles. The standard InChI is InChI=1S/C29H18I2N2O2/c1-17-14-21(29-33-25-16-23(31)11-13-27(25)35-29)9-8-19(17)5-2-18-3-6-20(7-4-18)28-32-24-15-22(30)10-12-26(24)34-28/h2-16H,1H3. The molecule has 4 nitrogen and oxygen atoms in total. The lowest BCUT2D eigenvalue weighted by molar-refractivity contribution is 0.619. The fraction of sp³-hybridized carbons (Fsp3) is 0.0345. The van der Waals surface area contributed by atoms with Gasteiger partial charge in [-0.15, -0.1) is 0 Å². The van der Waals surface area contributed by atoms with Crippen LogP contribution in [0.2, 0.25) is 0 Å². The van der Waals surface area contributed by atoms with Gasteiger partial charge in [0.2, 0.25) is 11.8 Å². The van der Waals surface area contributed by atoms with E-state index in [2.05, 4.69) is 105 Å². The van der Waals surface area contributed by atoms with E-state index in [4.69, 9.17) is 8.83 Å². The van der Waals surface area contributed by atoms with Crippen molar-refractivity contribution in [3.63, 3.8) is 0 Å². The number of hydrogen-bond donors (Lipinski definition) is 0. The van der Waals surface area contributed by atoms with Gasteiger partial charge in [-0.1, -0.05) is 30.4 Å². The molecular formula is C29H18I2N2O2. The number of aryl methyl sites for hydroxylation is 1. The Morgan fingerprint density at radius 1 is 0.629 bits per heavy atom. The van der Waals surface area contributed by atoms with Crippen LogP contribution in [-0.2, 0) is 0 Å². The zero-order chi connectivity index (χ0) is 23.9. The Hall–Kier alpha value is -2.98. The molecule has 6 aromatic rings. The van der Waals surface area contributed by atoms with E-state index in [1.807, 2.05) is 48.5 Å². The number of fused-ring (bicyclic) bond motifs is 2. The maximum absolute atomic E-state index is 5.96. The number of aromatic nitrogens is 2. The molecule has 0 aliphatic rings. The minimum absolute atomic E-state index is 0.637. The molecule has 6 rings (SSSR count). The fourth-order valence-electron chi connectivity index (χ4n) is 3.97. The summed E-state index contributed by atoms with van der Waals surface area (Å²) in [6, 6.07) is 26.5. The summed E-state index contributed by atoms with van der Waals surface area (Å²) in [7, 11) is 0. The first-order valence-corrected chi connectivity index (χ1v) is 13.2. The Balaban J connectivity index is 1.21. The van der Waals surface area contributed by atoms with Gasteiger partial charge in [-0.25, -0.2) is 9.97 Å². The van der Waals surface area contributed by atoms with E-state index in [1.165, 1.54) is 0 Å². The number of nitrogens with zero attached hydrogens (tertiary/aromatic N) is 2. The maximum Gasteiger partial charge on any atom is 0.227 e. The van der Waals surface area contributed by atoms with Crippen LogP contribution in [-0.4, -0.2) is 9.97 Å². The molecule has 0 saturated carbocycles. The van der Waals surface area contributed by atoms with Crippen molar-refractivity contribution in [2.24, 2.45) is 0 Å². The molecule has 170 valence electrons. The van der Waals surface area contributed by atoms with Crippen LogP contribution in [0.5, 0.6) is 0 Å². The lowest BCUT2D eigenvalue weighted by atomic mass is 10.0. The SMILES string of the molecule is Cc1cc(-c2nc3cc(I)ccc3o2)ccc1C=Cc1ccc(-c2nc3cc(I)ccc3o2)cc1. The molecular weight excluding hydrogens is 662 g/mol. The molecule has 0 atom stereocenters. The predicted molar refractivity (Wildman–Crippen MR) is 158 cm³/mol. The quantitative estimate of drug-likeness (QED) is 0.138. The Kier molecular flexibility index (Phi) is 5.93. The normalized spacial score (nSPS) is 11.7. The highest BCUT2D eigenvalue weighted by Gasteiger charge is 2.10. The van der Waals surface area contributed by atoms with Gasteiger partial charge in [-0.3, -0.25) is 0 Å². The molecule has 0 spiro atoms. The highest BCUT2D eigenvalue weighted by Crippen LogP contribution is 2.28. The van der Waals surface area contributed by atoms with Gasteiger partial charge in [0, 0.05) is 18.3 Å². The van der Waals surface area contributed by atoms with Crippen molar-refractivity contribution in [3.05, 3.63) is 103 Å². The van der Waals surface area contributed by atoms with E-state index >= 15 is 0 Å². The summed E-state index contributed by atoms with van der Waals surface area (Å²) in [5.41, 5.74) is 8.72. The minimum Gasteiger partial charge on any atom is -0.436 e.